The Labute approximate surface area is 115 Å². The molecule has 1 heterocycles. The summed E-state index contributed by atoms with van der Waals surface area (Å²) < 4.78 is 0. The van der Waals surface area contributed by atoms with Gasteiger partial charge < -0.3 is 10.3 Å². The van der Waals surface area contributed by atoms with Gasteiger partial charge in [0, 0.05) is 19.2 Å². The first-order chi connectivity index (χ1) is 9.26. The second-order valence-corrected chi connectivity index (χ2v) is 5.41. The van der Waals surface area contributed by atoms with Crippen LogP contribution in [-0.4, -0.2) is 23.6 Å². The molecule has 0 atom stereocenters. The number of nitrogens with one attached hydrogen (secondary N) is 1. The molecule has 0 unspecified atom stereocenters. The van der Waals surface area contributed by atoms with E-state index in [0.29, 0.717) is 0 Å². The van der Waals surface area contributed by atoms with Gasteiger partial charge in [-0.05, 0) is 25.2 Å². The molecule has 0 saturated heterocycles. The van der Waals surface area contributed by atoms with E-state index in [1.165, 1.54) is 32.1 Å². The monoisotopic (exact) mass is 263 g/mol. The number of nitrogens with two attached hydrogens (primary N) is 1. The molecule has 0 bridgehead atoms. The SMILES string of the molecule is CCc1c(NN)ncnc1N(C)CC1CCCCC1. The van der Waals surface area contributed by atoms with Gasteiger partial charge in [0.2, 0.25) is 0 Å². The first-order valence-electron chi connectivity index (χ1n) is 7.27. The van der Waals surface area contributed by atoms with E-state index in [1.54, 1.807) is 6.33 Å². The Kier molecular flexibility index (Phi) is 4.96. The van der Waals surface area contributed by atoms with Crippen LogP contribution in [0.4, 0.5) is 11.6 Å². The molecule has 0 radical (unpaired) electrons. The van der Waals surface area contributed by atoms with Crippen LogP contribution in [0.3, 0.4) is 0 Å². The number of anilines is 2. The fraction of sp³-hybridized carbons (Fsp3) is 0.714. The van der Waals surface area contributed by atoms with E-state index in [2.05, 4.69) is 34.3 Å². The lowest BCUT2D eigenvalue weighted by atomic mass is 9.89. The van der Waals surface area contributed by atoms with Gasteiger partial charge in [-0.3, -0.25) is 0 Å². The van der Waals surface area contributed by atoms with Crippen molar-refractivity contribution in [2.75, 3.05) is 23.9 Å². The van der Waals surface area contributed by atoms with Gasteiger partial charge >= 0.3 is 0 Å². The predicted octanol–water partition coefficient (Wildman–Crippen LogP) is 2.34. The minimum atomic E-state index is 0.739. The molecular weight excluding hydrogens is 238 g/mol. The third kappa shape index (κ3) is 3.35. The Morgan fingerprint density at radius 2 is 2.05 bits per heavy atom. The third-order valence-corrected chi connectivity index (χ3v) is 4.03. The van der Waals surface area contributed by atoms with Crippen molar-refractivity contribution < 1.29 is 0 Å². The molecule has 106 valence electrons. The highest BCUT2D eigenvalue weighted by molar-refractivity contribution is 5.57. The van der Waals surface area contributed by atoms with Crippen LogP contribution in [0.5, 0.6) is 0 Å². The summed E-state index contributed by atoms with van der Waals surface area (Å²) >= 11 is 0. The summed E-state index contributed by atoms with van der Waals surface area (Å²) in [6, 6.07) is 0. The lowest BCUT2D eigenvalue weighted by molar-refractivity contribution is 0.361. The van der Waals surface area contributed by atoms with Gasteiger partial charge in [0.15, 0.2) is 0 Å². The van der Waals surface area contributed by atoms with Gasteiger partial charge in [0.1, 0.15) is 18.0 Å². The highest BCUT2D eigenvalue weighted by Gasteiger charge is 2.18. The van der Waals surface area contributed by atoms with E-state index >= 15 is 0 Å². The fourth-order valence-corrected chi connectivity index (χ4v) is 3.03. The summed E-state index contributed by atoms with van der Waals surface area (Å²) in [5.74, 6) is 8.07. The van der Waals surface area contributed by atoms with Gasteiger partial charge in [0.25, 0.3) is 0 Å². The molecule has 0 aromatic carbocycles. The normalized spacial score (nSPS) is 16.4. The first kappa shape index (κ1) is 14.1. The van der Waals surface area contributed by atoms with Crippen molar-refractivity contribution in [2.24, 2.45) is 11.8 Å². The molecule has 1 aliphatic carbocycles. The highest BCUT2D eigenvalue weighted by atomic mass is 15.3. The maximum atomic E-state index is 5.52. The van der Waals surface area contributed by atoms with E-state index in [4.69, 9.17) is 5.84 Å². The summed E-state index contributed by atoms with van der Waals surface area (Å²) in [7, 11) is 2.12. The highest BCUT2D eigenvalue weighted by Crippen LogP contribution is 2.27. The topological polar surface area (TPSA) is 67.1 Å². The molecule has 0 amide bonds. The molecule has 5 heteroatoms. The van der Waals surface area contributed by atoms with Gasteiger partial charge in [-0.15, -0.1) is 0 Å². The minimum Gasteiger partial charge on any atom is -0.359 e. The minimum absolute atomic E-state index is 0.739. The molecule has 2 rings (SSSR count). The Balaban J connectivity index is 2.11. The van der Waals surface area contributed by atoms with Crippen LogP contribution < -0.4 is 16.2 Å². The van der Waals surface area contributed by atoms with Crippen molar-refractivity contribution in [1.82, 2.24) is 9.97 Å². The summed E-state index contributed by atoms with van der Waals surface area (Å²) in [4.78, 5) is 10.9. The van der Waals surface area contributed by atoms with Gasteiger partial charge in [0.05, 0.1) is 0 Å². The van der Waals surface area contributed by atoms with Crippen LogP contribution in [0, 0.1) is 5.92 Å². The molecule has 1 fully saturated rings. The third-order valence-electron chi connectivity index (χ3n) is 4.03. The van der Waals surface area contributed by atoms with Gasteiger partial charge in [-0.1, -0.05) is 26.2 Å². The maximum Gasteiger partial charge on any atom is 0.148 e. The van der Waals surface area contributed by atoms with Crippen molar-refractivity contribution in [3.05, 3.63) is 11.9 Å². The summed E-state index contributed by atoms with van der Waals surface area (Å²) in [6.45, 7) is 3.19. The second kappa shape index (κ2) is 6.70. The Morgan fingerprint density at radius 1 is 1.32 bits per heavy atom. The van der Waals surface area contributed by atoms with E-state index in [0.717, 1.165) is 36.1 Å². The Morgan fingerprint density at radius 3 is 2.68 bits per heavy atom. The Hall–Kier alpha value is -1.36. The van der Waals surface area contributed by atoms with Crippen molar-refractivity contribution >= 4 is 11.6 Å². The molecule has 1 saturated carbocycles. The van der Waals surface area contributed by atoms with Crippen LogP contribution in [0.15, 0.2) is 6.33 Å². The molecule has 0 spiro atoms. The van der Waals surface area contributed by atoms with Crippen molar-refractivity contribution in [3.8, 4) is 0 Å². The van der Waals surface area contributed by atoms with Crippen LogP contribution in [0.2, 0.25) is 0 Å². The number of nitrogens with zero attached hydrogens (tertiary/aromatic N) is 3. The van der Waals surface area contributed by atoms with Crippen LogP contribution >= 0.6 is 0 Å². The standard InChI is InChI=1S/C14H25N5/c1-3-12-13(18-15)16-10-17-14(12)19(2)9-11-7-5-4-6-8-11/h10-11H,3-9,15H2,1-2H3,(H,16,17,18). The van der Waals surface area contributed by atoms with E-state index in [-0.39, 0.29) is 0 Å². The van der Waals surface area contributed by atoms with E-state index < -0.39 is 0 Å². The molecule has 5 nitrogen and oxygen atoms in total. The zero-order chi connectivity index (χ0) is 13.7. The number of hydrogen-bond donors (Lipinski definition) is 2. The molecule has 3 N–H and O–H groups in total. The number of rotatable bonds is 5. The second-order valence-electron chi connectivity index (χ2n) is 5.41. The van der Waals surface area contributed by atoms with Crippen molar-refractivity contribution in [3.63, 3.8) is 0 Å². The molecular formula is C14H25N5. The lowest BCUT2D eigenvalue weighted by Gasteiger charge is -2.29. The van der Waals surface area contributed by atoms with E-state index in [1.807, 2.05) is 0 Å². The Bertz CT molecular complexity index is 401. The molecule has 0 aliphatic heterocycles. The molecule has 19 heavy (non-hydrogen) atoms. The predicted molar refractivity (Wildman–Crippen MR) is 79.1 cm³/mol. The summed E-state index contributed by atoms with van der Waals surface area (Å²) in [5.41, 5.74) is 3.77. The average Bonchev–Trinajstić information content (AvgIpc) is 2.47. The fourth-order valence-electron chi connectivity index (χ4n) is 3.03. The van der Waals surface area contributed by atoms with Gasteiger partial charge in [-0.2, -0.15) is 0 Å². The van der Waals surface area contributed by atoms with Crippen molar-refractivity contribution in [1.29, 1.82) is 0 Å². The molecule has 1 aromatic rings. The van der Waals surface area contributed by atoms with Gasteiger partial charge in [-0.25, -0.2) is 15.8 Å². The zero-order valence-corrected chi connectivity index (χ0v) is 12.0. The quantitative estimate of drug-likeness (QED) is 0.630. The van der Waals surface area contributed by atoms with Crippen LogP contribution in [0.1, 0.15) is 44.6 Å². The molecule has 1 aromatic heterocycles. The molecule has 1 aliphatic rings. The summed E-state index contributed by atoms with van der Waals surface area (Å²) in [5, 5.41) is 0. The largest absolute Gasteiger partial charge is 0.359 e. The van der Waals surface area contributed by atoms with Crippen LogP contribution in [-0.2, 0) is 6.42 Å². The lowest BCUT2D eigenvalue weighted by Crippen LogP contribution is -2.29. The van der Waals surface area contributed by atoms with Crippen molar-refractivity contribution in [2.45, 2.75) is 45.4 Å². The smallest absolute Gasteiger partial charge is 0.148 e. The van der Waals surface area contributed by atoms with E-state index in [9.17, 15) is 0 Å². The van der Waals surface area contributed by atoms with Crippen LogP contribution in [0.25, 0.3) is 0 Å². The summed E-state index contributed by atoms with van der Waals surface area (Å²) in [6.07, 6.45) is 9.30. The number of aromatic nitrogens is 2. The average molecular weight is 263 g/mol. The number of hydrogen-bond acceptors (Lipinski definition) is 5. The number of nitrogen functional groups attached to an aromatic ring is 1. The maximum absolute atomic E-state index is 5.52. The zero-order valence-electron chi connectivity index (χ0n) is 12.0. The number of hydrazine groups is 1. The first-order valence-corrected chi connectivity index (χ1v) is 7.27.